The number of hydrogen-bond acceptors (Lipinski definition) is 4. The zero-order chi connectivity index (χ0) is 15.5. The van der Waals surface area contributed by atoms with Crippen LogP contribution in [0.25, 0.3) is 0 Å². The molecule has 0 aliphatic carbocycles. The fourth-order valence-corrected chi connectivity index (χ4v) is 2.95. The van der Waals surface area contributed by atoms with Gasteiger partial charge < -0.3 is 10.0 Å². The van der Waals surface area contributed by atoms with E-state index in [1.807, 2.05) is 6.92 Å². The summed E-state index contributed by atoms with van der Waals surface area (Å²) in [6.07, 6.45) is 5.26. The molecule has 6 nitrogen and oxygen atoms in total. The van der Waals surface area contributed by atoms with Crippen LogP contribution in [-0.2, 0) is 4.79 Å². The lowest BCUT2D eigenvalue weighted by molar-refractivity contribution is -0.152. The van der Waals surface area contributed by atoms with Crippen LogP contribution in [0.1, 0.15) is 43.1 Å². The van der Waals surface area contributed by atoms with Crippen LogP contribution in [0.15, 0.2) is 12.4 Å². The first-order chi connectivity index (χ1) is 9.98. The molecule has 0 saturated carbocycles. The number of carbonyl (C=O) groups excluding carboxylic acids is 1. The van der Waals surface area contributed by atoms with Crippen LogP contribution >= 0.6 is 11.6 Å². The van der Waals surface area contributed by atoms with Gasteiger partial charge in [-0.3, -0.25) is 9.59 Å². The minimum atomic E-state index is -0.845. The van der Waals surface area contributed by atoms with Crippen molar-refractivity contribution in [2.24, 2.45) is 5.41 Å². The monoisotopic (exact) mass is 311 g/mol. The molecule has 1 aliphatic heterocycles. The van der Waals surface area contributed by atoms with E-state index in [-0.39, 0.29) is 23.3 Å². The topological polar surface area (TPSA) is 83.4 Å². The summed E-state index contributed by atoms with van der Waals surface area (Å²) in [5.74, 6) is -1.12. The number of hydrogen-bond donors (Lipinski definition) is 1. The lowest BCUT2D eigenvalue weighted by Crippen LogP contribution is -2.50. The number of nitrogens with zero attached hydrogens (tertiary/aromatic N) is 3. The fraction of sp³-hybridized carbons (Fsp3) is 0.571. The van der Waals surface area contributed by atoms with Gasteiger partial charge in [-0.25, -0.2) is 9.97 Å². The summed E-state index contributed by atoms with van der Waals surface area (Å²) in [4.78, 5) is 33.4. The second kappa shape index (κ2) is 6.39. The Morgan fingerprint density at radius 3 is 2.76 bits per heavy atom. The van der Waals surface area contributed by atoms with Crippen LogP contribution in [0.4, 0.5) is 0 Å². The van der Waals surface area contributed by atoms with Gasteiger partial charge in [0.25, 0.3) is 5.91 Å². The number of carboxylic acid groups (broad SMARTS) is 1. The van der Waals surface area contributed by atoms with Gasteiger partial charge in [-0.15, -0.1) is 0 Å². The molecule has 2 rings (SSSR count). The summed E-state index contributed by atoms with van der Waals surface area (Å²) in [5, 5.41) is 9.76. The molecule has 7 heteroatoms. The Balaban J connectivity index is 2.18. The summed E-state index contributed by atoms with van der Waals surface area (Å²) in [5.41, 5.74) is -0.653. The molecular weight excluding hydrogens is 294 g/mol. The number of rotatable bonds is 4. The smallest absolute Gasteiger partial charge is 0.311 e. The van der Waals surface area contributed by atoms with Crippen LogP contribution in [0.3, 0.4) is 0 Å². The highest BCUT2D eigenvalue weighted by Crippen LogP contribution is 2.35. The van der Waals surface area contributed by atoms with E-state index in [1.54, 1.807) is 4.90 Å². The molecule has 1 N–H and O–H groups in total. The molecule has 1 atom stereocenters. The molecule has 1 unspecified atom stereocenters. The molecule has 0 spiro atoms. The summed E-state index contributed by atoms with van der Waals surface area (Å²) in [6.45, 7) is 2.72. The normalized spacial score (nSPS) is 22.1. The first-order valence-corrected chi connectivity index (χ1v) is 7.36. The highest BCUT2D eigenvalue weighted by molar-refractivity contribution is 6.29. The van der Waals surface area contributed by atoms with E-state index in [0.717, 1.165) is 6.42 Å². The van der Waals surface area contributed by atoms with E-state index in [4.69, 9.17) is 11.6 Å². The van der Waals surface area contributed by atoms with Crippen molar-refractivity contribution in [1.29, 1.82) is 0 Å². The van der Waals surface area contributed by atoms with Gasteiger partial charge >= 0.3 is 5.97 Å². The molecule has 2 heterocycles. The van der Waals surface area contributed by atoms with Crippen LogP contribution < -0.4 is 0 Å². The first kappa shape index (κ1) is 15.7. The van der Waals surface area contributed by atoms with Crippen molar-refractivity contribution in [3.05, 3.63) is 23.2 Å². The molecule has 0 radical (unpaired) electrons. The number of amides is 1. The predicted molar refractivity (Wildman–Crippen MR) is 77.2 cm³/mol. The minimum Gasteiger partial charge on any atom is -0.481 e. The van der Waals surface area contributed by atoms with E-state index in [9.17, 15) is 14.7 Å². The van der Waals surface area contributed by atoms with Gasteiger partial charge in [0.1, 0.15) is 10.8 Å². The summed E-state index contributed by atoms with van der Waals surface area (Å²) in [6, 6.07) is 0. The summed E-state index contributed by atoms with van der Waals surface area (Å²) < 4.78 is 0. The van der Waals surface area contributed by atoms with E-state index in [0.29, 0.717) is 25.8 Å². The molecule has 1 saturated heterocycles. The van der Waals surface area contributed by atoms with Gasteiger partial charge in [0.05, 0.1) is 17.8 Å². The number of carboxylic acids is 1. The van der Waals surface area contributed by atoms with E-state index < -0.39 is 11.4 Å². The largest absolute Gasteiger partial charge is 0.481 e. The van der Waals surface area contributed by atoms with Crippen molar-refractivity contribution in [3.63, 3.8) is 0 Å². The number of halogens is 1. The molecule has 1 fully saturated rings. The second-order valence-electron chi connectivity index (χ2n) is 5.39. The molecule has 114 valence electrons. The Kier molecular flexibility index (Phi) is 4.77. The number of carbonyl (C=O) groups is 2. The molecule has 1 aromatic heterocycles. The van der Waals surface area contributed by atoms with Gasteiger partial charge in [0, 0.05) is 13.1 Å². The molecule has 0 aromatic carbocycles. The Bertz CT molecular complexity index is 531. The Hall–Kier alpha value is -1.69. The third-order valence-corrected chi connectivity index (χ3v) is 4.08. The summed E-state index contributed by atoms with van der Waals surface area (Å²) >= 11 is 5.65. The zero-order valence-corrected chi connectivity index (χ0v) is 12.6. The van der Waals surface area contributed by atoms with Crippen LogP contribution in [0.5, 0.6) is 0 Å². The van der Waals surface area contributed by atoms with Gasteiger partial charge in [-0.1, -0.05) is 24.9 Å². The Labute approximate surface area is 128 Å². The van der Waals surface area contributed by atoms with Crippen LogP contribution in [0.2, 0.25) is 5.15 Å². The van der Waals surface area contributed by atoms with E-state index >= 15 is 0 Å². The van der Waals surface area contributed by atoms with Crippen molar-refractivity contribution in [2.45, 2.75) is 32.6 Å². The number of aliphatic carboxylic acids is 1. The maximum Gasteiger partial charge on any atom is 0.311 e. The Morgan fingerprint density at radius 2 is 2.19 bits per heavy atom. The SMILES string of the molecule is CCCC1(C(=O)O)CCCN(C(=O)c2cnc(Cl)cn2)C1. The van der Waals surface area contributed by atoms with Crippen molar-refractivity contribution >= 4 is 23.5 Å². The van der Waals surface area contributed by atoms with Gasteiger partial charge in [0.15, 0.2) is 0 Å². The lowest BCUT2D eigenvalue weighted by atomic mass is 9.76. The first-order valence-electron chi connectivity index (χ1n) is 6.99. The molecule has 1 amide bonds. The average Bonchev–Trinajstić information content (AvgIpc) is 2.48. The van der Waals surface area contributed by atoms with Gasteiger partial charge in [-0.05, 0) is 19.3 Å². The van der Waals surface area contributed by atoms with Crippen molar-refractivity contribution in [3.8, 4) is 0 Å². The molecule has 1 aromatic rings. The Morgan fingerprint density at radius 1 is 1.43 bits per heavy atom. The molecule has 0 bridgehead atoms. The van der Waals surface area contributed by atoms with Crippen LogP contribution in [0, 0.1) is 5.41 Å². The molecular formula is C14H18ClN3O3. The number of likely N-dealkylation sites (tertiary alicyclic amines) is 1. The maximum absolute atomic E-state index is 12.4. The zero-order valence-electron chi connectivity index (χ0n) is 11.9. The third-order valence-electron chi connectivity index (χ3n) is 3.89. The lowest BCUT2D eigenvalue weighted by Gasteiger charge is -2.39. The fourth-order valence-electron chi connectivity index (χ4n) is 2.85. The minimum absolute atomic E-state index is 0.192. The van der Waals surface area contributed by atoms with Gasteiger partial charge in [-0.2, -0.15) is 0 Å². The standard InChI is InChI=1S/C14H18ClN3O3/c1-2-4-14(13(20)21)5-3-6-18(9-14)12(19)10-7-17-11(15)8-16-10/h7-8H,2-6,9H2,1H3,(H,20,21). The van der Waals surface area contributed by atoms with Crippen molar-refractivity contribution in [1.82, 2.24) is 14.9 Å². The highest BCUT2D eigenvalue weighted by Gasteiger charge is 2.43. The van der Waals surface area contributed by atoms with Crippen LogP contribution in [-0.4, -0.2) is 44.9 Å². The van der Waals surface area contributed by atoms with E-state index in [1.165, 1.54) is 12.4 Å². The second-order valence-corrected chi connectivity index (χ2v) is 5.78. The maximum atomic E-state index is 12.4. The average molecular weight is 312 g/mol. The molecule has 1 aliphatic rings. The third kappa shape index (κ3) is 3.32. The quantitative estimate of drug-likeness (QED) is 0.922. The predicted octanol–water partition coefficient (Wildman–Crippen LogP) is 2.24. The molecule has 21 heavy (non-hydrogen) atoms. The number of aromatic nitrogens is 2. The van der Waals surface area contributed by atoms with Crippen molar-refractivity contribution < 1.29 is 14.7 Å². The highest BCUT2D eigenvalue weighted by atomic mass is 35.5. The van der Waals surface area contributed by atoms with Crippen molar-refractivity contribution in [2.75, 3.05) is 13.1 Å². The number of piperidine rings is 1. The van der Waals surface area contributed by atoms with E-state index in [2.05, 4.69) is 9.97 Å². The van der Waals surface area contributed by atoms with Gasteiger partial charge in [0.2, 0.25) is 0 Å². The summed E-state index contributed by atoms with van der Waals surface area (Å²) in [7, 11) is 0.